The number of amides is 1. The second-order valence-electron chi connectivity index (χ2n) is 7.72. The van der Waals surface area contributed by atoms with E-state index in [0.717, 1.165) is 58.3 Å². The molecule has 2 heterocycles. The van der Waals surface area contributed by atoms with Crippen LogP contribution in [-0.4, -0.2) is 32.1 Å². The van der Waals surface area contributed by atoms with Gasteiger partial charge >= 0.3 is 0 Å². The maximum atomic E-state index is 12.6. The van der Waals surface area contributed by atoms with Gasteiger partial charge in [-0.1, -0.05) is 30.3 Å². The van der Waals surface area contributed by atoms with Crippen molar-refractivity contribution >= 4 is 5.91 Å². The molecule has 1 aromatic rings. The molecule has 0 bridgehead atoms. The van der Waals surface area contributed by atoms with Crippen LogP contribution >= 0.6 is 0 Å². The van der Waals surface area contributed by atoms with Gasteiger partial charge in [-0.2, -0.15) is 0 Å². The van der Waals surface area contributed by atoms with E-state index in [1.807, 2.05) is 6.07 Å². The number of rotatable bonds is 4. The molecular weight excluding hydrogens is 300 g/mol. The summed E-state index contributed by atoms with van der Waals surface area (Å²) in [6, 6.07) is 10.4. The Hall–Kier alpha value is -1.39. The third-order valence-corrected chi connectivity index (χ3v) is 6.22. The fourth-order valence-corrected chi connectivity index (χ4v) is 4.61. The average molecular weight is 328 g/mol. The molecule has 1 spiro atoms. The summed E-state index contributed by atoms with van der Waals surface area (Å²) in [5.41, 5.74) is 1.55. The molecule has 1 aliphatic carbocycles. The van der Waals surface area contributed by atoms with Crippen LogP contribution in [0.2, 0.25) is 0 Å². The van der Waals surface area contributed by atoms with Crippen molar-refractivity contribution in [3.63, 3.8) is 0 Å². The summed E-state index contributed by atoms with van der Waals surface area (Å²) >= 11 is 0. The first-order valence-corrected chi connectivity index (χ1v) is 9.43. The zero-order chi connectivity index (χ0) is 16.4. The van der Waals surface area contributed by atoms with Gasteiger partial charge in [-0.3, -0.25) is 4.79 Å². The number of hydrogen-bond acceptors (Lipinski definition) is 3. The molecule has 3 unspecified atom stereocenters. The van der Waals surface area contributed by atoms with Crippen molar-refractivity contribution in [3.05, 3.63) is 35.9 Å². The van der Waals surface area contributed by atoms with Crippen molar-refractivity contribution in [1.29, 1.82) is 0 Å². The van der Waals surface area contributed by atoms with E-state index in [9.17, 15) is 4.79 Å². The van der Waals surface area contributed by atoms with Crippen molar-refractivity contribution in [2.75, 3.05) is 26.2 Å². The lowest BCUT2D eigenvalue weighted by Crippen LogP contribution is -2.38. The van der Waals surface area contributed by atoms with Crippen LogP contribution in [0.15, 0.2) is 30.3 Å². The molecule has 4 nitrogen and oxygen atoms in total. The van der Waals surface area contributed by atoms with E-state index in [4.69, 9.17) is 4.74 Å². The van der Waals surface area contributed by atoms with Crippen LogP contribution in [0.4, 0.5) is 0 Å². The zero-order valence-corrected chi connectivity index (χ0v) is 14.3. The van der Waals surface area contributed by atoms with Crippen LogP contribution < -0.4 is 10.6 Å². The summed E-state index contributed by atoms with van der Waals surface area (Å²) in [7, 11) is 0. The first kappa shape index (κ1) is 16.1. The number of carbonyl (C=O) groups is 1. The number of nitrogens with one attached hydrogen (secondary N) is 2. The summed E-state index contributed by atoms with van der Waals surface area (Å²) in [6.07, 6.45) is 5.73. The Morgan fingerprint density at radius 1 is 1.25 bits per heavy atom. The fraction of sp³-hybridized carbons (Fsp3) is 0.650. The number of ether oxygens (including phenoxy) is 1. The molecule has 2 saturated heterocycles. The highest BCUT2D eigenvalue weighted by Crippen LogP contribution is 2.58. The highest BCUT2D eigenvalue weighted by Gasteiger charge is 2.57. The minimum atomic E-state index is 0.118. The second kappa shape index (κ2) is 6.85. The van der Waals surface area contributed by atoms with Crippen LogP contribution in [-0.2, 0) is 9.53 Å². The molecule has 24 heavy (non-hydrogen) atoms. The van der Waals surface area contributed by atoms with Gasteiger partial charge in [-0.05, 0) is 56.2 Å². The van der Waals surface area contributed by atoms with Crippen LogP contribution in [0.3, 0.4) is 0 Å². The normalized spacial score (nSPS) is 31.6. The first-order valence-electron chi connectivity index (χ1n) is 9.43. The molecule has 2 aliphatic heterocycles. The maximum Gasteiger partial charge on any atom is 0.223 e. The van der Waals surface area contributed by atoms with E-state index in [1.54, 1.807) is 0 Å². The van der Waals surface area contributed by atoms with Crippen molar-refractivity contribution in [2.45, 2.75) is 38.2 Å². The van der Waals surface area contributed by atoms with E-state index < -0.39 is 0 Å². The topological polar surface area (TPSA) is 50.4 Å². The fourth-order valence-electron chi connectivity index (χ4n) is 4.61. The van der Waals surface area contributed by atoms with E-state index in [0.29, 0.717) is 11.3 Å². The minimum Gasteiger partial charge on any atom is -0.373 e. The molecule has 0 radical (unpaired) electrons. The highest BCUT2D eigenvalue weighted by atomic mass is 16.5. The molecule has 130 valence electrons. The smallest absolute Gasteiger partial charge is 0.223 e. The van der Waals surface area contributed by atoms with Crippen molar-refractivity contribution < 1.29 is 9.53 Å². The van der Waals surface area contributed by atoms with Gasteiger partial charge < -0.3 is 15.4 Å². The van der Waals surface area contributed by atoms with E-state index in [1.165, 1.54) is 5.56 Å². The van der Waals surface area contributed by atoms with E-state index in [2.05, 4.69) is 34.9 Å². The molecule has 1 amide bonds. The van der Waals surface area contributed by atoms with Crippen LogP contribution in [0.5, 0.6) is 0 Å². The number of carbonyl (C=O) groups excluding carboxylic acids is 1. The molecular formula is C20H28N2O2. The van der Waals surface area contributed by atoms with Gasteiger partial charge in [0.1, 0.15) is 0 Å². The Morgan fingerprint density at radius 3 is 2.83 bits per heavy atom. The Balaban J connectivity index is 1.33. The quantitative estimate of drug-likeness (QED) is 0.893. The number of benzene rings is 1. The van der Waals surface area contributed by atoms with Gasteiger partial charge in [0.25, 0.3) is 0 Å². The summed E-state index contributed by atoms with van der Waals surface area (Å²) in [5, 5.41) is 6.65. The minimum absolute atomic E-state index is 0.118. The second-order valence-corrected chi connectivity index (χ2v) is 7.72. The number of hydrogen-bond donors (Lipinski definition) is 2. The summed E-state index contributed by atoms with van der Waals surface area (Å²) in [4.78, 5) is 12.6. The van der Waals surface area contributed by atoms with Gasteiger partial charge in [0.2, 0.25) is 5.91 Å². The van der Waals surface area contributed by atoms with Crippen LogP contribution in [0.25, 0.3) is 0 Å². The lowest BCUT2D eigenvalue weighted by Gasteiger charge is -2.32. The zero-order valence-electron chi connectivity index (χ0n) is 14.3. The highest BCUT2D eigenvalue weighted by molar-refractivity contribution is 5.82. The number of piperidine rings is 1. The van der Waals surface area contributed by atoms with Gasteiger partial charge in [0.15, 0.2) is 0 Å². The van der Waals surface area contributed by atoms with Gasteiger partial charge in [0, 0.05) is 25.0 Å². The lowest BCUT2D eigenvalue weighted by atomic mass is 9.89. The lowest BCUT2D eigenvalue weighted by molar-refractivity contribution is -0.124. The molecule has 3 atom stereocenters. The largest absolute Gasteiger partial charge is 0.373 e. The predicted octanol–water partition coefficient (Wildman–Crippen LogP) is 2.66. The van der Waals surface area contributed by atoms with Gasteiger partial charge in [-0.25, -0.2) is 0 Å². The summed E-state index contributed by atoms with van der Waals surface area (Å²) in [6.45, 7) is 3.69. The SMILES string of the molecule is O=C(NCC1CCCOC1c1ccccc1)C1CC12CCNCC2. The maximum absolute atomic E-state index is 12.6. The molecule has 2 N–H and O–H groups in total. The Morgan fingerprint density at radius 2 is 2.04 bits per heavy atom. The van der Waals surface area contributed by atoms with Crippen LogP contribution in [0, 0.1) is 17.3 Å². The Kier molecular flexibility index (Phi) is 4.59. The standard InChI is InChI=1S/C20H28N2O2/c23-19(17-13-20(17)8-10-21-11-9-20)22-14-16-7-4-12-24-18(16)15-5-2-1-3-6-15/h1-3,5-6,16-18,21H,4,7-14H2,(H,22,23). The van der Waals surface area contributed by atoms with Gasteiger partial charge in [0.05, 0.1) is 6.10 Å². The van der Waals surface area contributed by atoms with Crippen LogP contribution in [0.1, 0.15) is 43.8 Å². The van der Waals surface area contributed by atoms with Crippen molar-refractivity contribution in [2.24, 2.45) is 17.3 Å². The molecule has 3 fully saturated rings. The monoisotopic (exact) mass is 328 g/mol. The molecule has 0 aromatic heterocycles. The Bertz CT molecular complexity index is 568. The van der Waals surface area contributed by atoms with Gasteiger partial charge in [-0.15, -0.1) is 0 Å². The van der Waals surface area contributed by atoms with E-state index >= 15 is 0 Å². The van der Waals surface area contributed by atoms with Crippen molar-refractivity contribution in [1.82, 2.24) is 10.6 Å². The molecule has 1 saturated carbocycles. The van der Waals surface area contributed by atoms with Crippen molar-refractivity contribution in [3.8, 4) is 0 Å². The predicted molar refractivity (Wildman–Crippen MR) is 93.5 cm³/mol. The summed E-state index contributed by atoms with van der Waals surface area (Å²) < 4.78 is 6.04. The third kappa shape index (κ3) is 3.22. The average Bonchev–Trinajstić information content (AvgIpc) is 3.34. The Labute approximate surface area is 144 Å². The van der Waals surface area contributed by atoms with E-state index in [-0.39, 0.29) is 17.9 Å². The molecule has 3 aliphatic rings. The third-order valence-electron chi connectivity index (χ3n) is 6.22. The summed E-state index contributed by atoms with van der Waals surface area (Å²) in [5.74, 6) is 0.904. The molecule has 4 rings (SSSR count). The molecule has 1 aromatic carbocycles. The first-order chi connectivity index (χ1) is 11.8. The molecule has 4 heteroatoms.